The van der Waals surface area contributed by atoms with Gasteiger partial charge in [0, 0.05) is 29.1 Å². The molecule has 0 saturated heterocycles. The summed E-state index contributed by atoms with van der Waals surface area (Å²) in [5, 5.41) is 7.02. The van der Waals surface area contributed by atoms with Crippen LogP contribution in [-0.4, -0.2) is 24.7 Å². The minimum Gasteiger partial charge on any atom is -0.492 e. The van der Waals surface area contributed by atoms with E-state index < -0.39 is 0 Å². The van der Waals surface area contributed by atoms with Crippen molar-refractivity contribution >= 4 is 22.9 Å². The first-order chi connectivity index (χ1) is 8.78. The highest BCUT2D eigenvalue weighted by molar-refractivity contribution is 7.09. The fourth-order valence-electron chi connectivity index (χ4n) is 1.56. The van der Waals surface area contributed by atoms with Crippen LogP contribution in [0.25, 0.3) is 0 Å². The summed E-state index contributed by atoms with van der Waals surface area (Å²) in [7, 11) is 1.93. The number of hydrogen-bond donors (Lipinski definition) is 1. The molecule has 0 spiro atoms. The quantitative estimate of drug-likeness (QED) is 0.884. The van der Waals surface area contributed by atoms with E-state index in [-0.39, 0.29) is 6.04 Å². The summed E-state index contributed by atoms with van der Waals surface area (Å²) in [5.41, 5.74) is 0. The van der Waals surface area contributed by atoms with Crippen LogP contribution in [0.1, 0.15) is 5.01 Å². The standard InChI is InChI=1S/C13H15ClN2OS/c1-15-11(8-13-16-5-6-18-13)9-17-12-4-2-3-10(14)7-12/h2-7,11,15H,8-9H2,1H3. The van der Waals surface area contributed by atoms with Gasteiger partial charge in [0.15, 0.2) is 0 Å². The Morgan fingerprint density at radius 2 is 2.39 bits per heavy atom. The van der Waals surface area contributed by atoms with E-state index in [9.17, 15) is 0 Å². The fraction of sp³-hybridized carbons (Fsp3) is 0.308. The normalized spacial score (nSPS) is 12.3. The van der Waals surface area contributed by atoms with Gasteiger partial charge in [0.25, 0.3) is 0 Å². The van der Waals surface area contributed by atoms with E-state index in [1.807, 2.05) is 42.9 Å². The summed E-state index contributed by atoms with van der Waals surface area (Å²) in [6.07, 6.45) is 2.69. The molecule has 5 heteroatoms. The van der Waals surface area contributed by atoms with Crippen molar-refractivity contribution < 1.29 is 4.74 Å². The number of ether oxygens (including phenoxy) is 1. The van der Waals surface area contributed by atoms with Crippen molar-refractivity contribution in [3.05, 3.63) is 45.9 Å². The third-order valence-corrected chi connectivity index (χ3v) is 3.60. The Labute approximate surface area is 116 Å². The molecular weight excluding hydrogens is 268 g/mol. The lowest BCUT2D eigenvalue weighted by atomic mass is 10.2. The van der Waals surface area contributed by atoms with Crippen molar-refractivity contribution in [3.8, 4) is 5.75 Å². The van der Waals surface area contributed by atoms with Crippen LogP contribution in [0.5, 0.6) is 5.75 Å². The van der Waals surface area contributed by atoms with Gasteiger partial charge in [-0.15, -0.1) is 11.3 Å². The number of thiazole rings is 1. The Hall–Kier alpha value is -1.10. The molecule has 0 fully saturated rings. The Kier molecular flexibility index (Phi) is 4.99. The average molecular weight is 283 g/mol. The molecule has 2 aromatic rings. The SMILES string of the molecule is CNC(COc1cccc(Cl)c1)Cc1nccs1. The predicted molar refractivity (Wildman–Crippen MR) is 75.6 cm³/mol. The molecule has 96 valence electrons. The van der Waals surface area contributed by atoms with Gasteiger partial charge in [-0.2, -0.15) is 0 Å². The summed E-state index contributed by atoms with van der Waals surface area (Å²) in [4.78, 5) is 4.27. The van der Waals surface area contributed by atoms with Crippen LogP contribution >= 0.6 is 22.9 Å². The van der Waals surface area contributed by atoms with E-state index in [1.165, 1.54) is 0 Å². The van der Waals surface area contributed by atoms with Gasteiger partial charge in [0.1, 0.15) is 12.4 Å². The number of halogens is 1. The molecule has 0 aliphatic heterocycles. The van der Waals surface area contributed by atoms with Gasteiger partial charge in [-0.25, -0.2) is 4.98 Å². The maximum Gasteiger partial charge on any atom is 0.120 e. The Balaban J connectivity index is 1.87. The minimum atomic E-state index is 0.245. The number of hydrogen-bond acceptors (Lipinski definition) is 4. The Morgan fingerprint density at radius 1 is 1.50 bits per heavy atom. The van der Waals surface area contributed by atoms with Gasteiger partial charge in [-0.05, 0) is 25.2 Å². The highest BCUT2D eigenvalue weighted by atomic mass is 35.5. The molecule has 3 nitrogen and oxygen atoms in total. The molecule has 1 N–H and O–H groups in total. The summed E-state index contributed by atoms with van der Waals surface area (Å²) in [6.45, 7) is 0.594. The molecule has 1 aromatic carbocycles. The molecule has 0 aliphatic carbocycles. The molecule has 0 amide bonds. The van der Waals surface area contributed by atoms with Crippen LogP contribution in [-0.2, 0) is 6.42 Å². The van der Waals surface area contributed by atoms with E-state index in [4.69, 9.17) is 16.3 Å². The topological polar surface area (TPSA) is 34.1 Å². The van der Waals surface area contributed by atoms with E-state index in [0.717, 1.165) is 17.2 Å². The lowest BCUT2D eigenvalue weighted by Gasteiger charge is -2.16. The second kappa shape index (κ2) is 6.73. The van der Waals surface area contributed by atoms with Gasteiger partial charge in [0.2, 0.25) is 0 Å². The van der Waals surface area contributed by atoms with E-state index >= 15 is 0 Å². The summed E-state index contributed by atoms with van der Waals surface area (Å²) in [5.74, 6) is 0.793. The second-order valence-electron chi connectivity index (χ2n) is 3.88. The molecule has 0 aliphatic rings. The largest absolute Gasteiger partial charge is 0.492 e. The maximum absolute atomic E-state index is 5.91. The summed E-state index contributed by atoms with van der Waals surface area (Å²) < 4.78 is 5.72. The van der Waals surface area contributed by atoms with Crippen LogP contribution in [0.2, 0.25) is 5.02 Å². The van der Waals surface area contributed by atoms with Crippen molar-refractivity contribution in [1.82, 2.24) is 10.3 Å². The first kappa shape index (κ1) is 13.3. The Bertz CT molecular complexity index is 476. The minimum absolute atomic E-state index is 0.245. The molecule has 1 unspecified atom stereocenters. The highest BCUT2D eigenvalue weighted by Crippen LogP contribution is 2.17. The van der Waals surface area contributed by atoms with Crippen molar-refractivity contribution in [3.63, 3.8) is 0 Å². The van der Waals surface area contributed by atoms with Crippen molar-refractivity contribution in [2.45, 2.75) is 12.5 Å². The van der Waals surface area contributed by atoms with Crippen LogP contribution in [0.15, 0.2) is 35.8 Å². The Morgan fingerprint density at radius 3 is 3.06 bits per heavy atom. The third-order valence-electron chi connectivity index (χ3n) is 2.56. The molecule has 18 heavy (non-hydrogen) atoms. The lowest BCUT2D eigenvalue weighted by molar-refractivity contribution is 0.269. The number of benzene rings is 1. The van der Waals surface area contributed by atoms with Crippen LogP contribution in [0.4, 0.5) is 0 Å². The molecule has 0 saturated carbocycles. The zero-order valence-electron chi connectivity index (χ0n) is 10.1. The molecule has 1 heterocycles. The maximum atomic E-state index is 5.91. The predicted octanol–water partition coefficient (Wildman–Crippen LogP) is 3.01. The number of rotatable bonds is 6. The van der Waals surface area contributed by atoms with Crippen LogP contribution in [0.3, 0.4) is 0 Å². The molecule has 1 aromatic heterocycles. The average Bonchev–Trinajstić information content (AvgIpc) is 2.87. The zero-order valence-corrected chi connectivity index (χ0v) is 11.7. The van der Waals surface area contributed by atoms with Crippen LogP contribution in [0, 0.1) is 0 Å². The second-order valence-corrected chi connectivity index (χ2v) is 5.30. The highest BCUT2D eigenvalue weighted by Gasteiger charge is 2.10. The summed E-state index contributed by atoms with van der Waals surface area (Å²) in [6, 6.07) is 7.68. The van der Waals surface area contributed by atoms with Gasteiger partial charge in [-0.3, -0.25) is 0 Å². The number of aromatic nitrogens is 1. The monoisotopic (exact) mass is 282 g/mol. The van der Waals surface area contributed by atoms with Gasteiger partial charge in [0.05, 0.1) is 5.01 Å². The fourth-order valence-corrected chi connectivity index (χ4v) is 2.44. The number of nitrogens with zero attached hydrogens (tertiary/aromatic N) is 1. The van der Waals surface area contributed by atoms with Crippen molar-refractivity contribution in [2.24, 2.45) is 0 Å². The first-order valence-electron chi connectivity index (χ1n) is 5.72. The molecule has 2 rings (SSSR count). The van der Waals surface area contributed by atoms with Crippen LogP contribution < -0.4 is 10.1 Å². The lowest BCUT2D eigenvalue weighted by Crippen LogP contribution is -2.33. The van der Waals surface area contributed by atoms with E-state index in [0.29, 0.717) is 11.6 Å². The van der Waals surface area contributed by atoms with E-state index in [2.05, 4.69) is 10.3 Å². The summed E-state index contributed by atoms with van der Waals surface area (Å²) >= 11 is 7.57. The molecule has 0 bridgehead atoms. The first-order valence-corrected chi connectivity index (χ1v) is 6.97. The van der Waals surface area contributed by atoms with Crippen molar-refractivity contribution in [2.75, 3.05) is 13.7 Å². The van der Waals surface area contributed by atoms with Gasteiger partial charge in [-0.1, -0.05) is 17.7 Å². The zero-order chi connectivity index (χ0) is 12.8. The molecule has 0 radical (unpaired) electrons. The van der Waals surface area contributed by atoms with Gasteiger partial charge < -0.3 is 10.1 Å². The molecular formula is C13H15ClN2OS. The van der Waals surface area contributed by atoms with Crippen molar-refractivity contribution in [1.29, 1.82) is 0 Å². The smallest absolute Gasteiger partial charge is 0.120 e. The van der Waals surface area contributed by atoms with E-state index in [1.54, 1.807) is 11.3 Å². The number of likely N-dealkylation sites (N-methyl/N-ethyl adjacent to an activating group) is 1. The van der Waals surface area contributed by atoms with Gasteiger partial charge >= 0.3 is 0 Å². The molecule has 1 atom stereocenters. The third kappa shape index (κ3) is 3.98. The number of nitrogens with one attached hydrogen (secondary N) is 1.